The van der Waals surface area contributed by atoms with Crippen molar-refractivity contribution >= 4 is 11.3 Å². The molecule has 1 aliphatic rings. The first-order chi connectivity index (χ1) is 7.68. The van der Waals surface area contributed by atoms with Crippen molar-refractivity contribution in [1.82, 2.24) is 5.32 Å². The molecule has 1 aliphatic carbocycles. The van der Waals surface area contributed by atoms with Crippen LogP contribution in [0.5, 0.6) is 0 Å². The summed E-state index contributed by atoms with van der Waals surface area (Å²) in [5.41, 5.74) is 0. The minimum Gasteiger partial charge on any atom is -0.309 e. The molecule has 1 heterocycles. The second-order valence-electron chi connectivity index (χ2n) is 5.46. The van der Waals surface area contributed by atoms with Crippen LogP contribution in [0.15, 0.2) is 17.5 Å². The summed E-state index contributed by atoms with van der Waals surface area (Å²) >= 11 is 1.87. The fourth-order valence-electron chi connectivity index (χ4n) is 2.28. The van der Waals surface area contributed by atoms with E-state index in [0.717, 1.165) is 11.8 Å². The van der Waals surface area contributed by atoms with Gasteiger partial charge in [0.1, 0.15) is 0 Å². The Morgan fingerprint density at radius 3 is 2.62 bits per heavy atom. The van der Waals surface area contributed by atoms with Crippen molar-refractivity contribution in [2.45, 2.75) is 39.7 Å². The van der Waals surface area contributed by atoms with E-state index in [0.29, 0.717) is 12.0 Å². The van der Waals surface area contributed by atoms with Crippen molar-refractivity contribution < 1.29 is 0 Å². The normalized spacial score (nSPS) is 20.0. The Labute approximate surface area is 103 Å². The van der Waals surface area contributed by atoms with Crippen molar-refractivity contribution in [2.75, 3.05) is 6.54 Å². The van der Waals surface area contributed by atoms with E-state index in [9.17, 15) is 0 Å². The largest absolute Gasteiger partial charge is 0.309 e. The van der Waals surface area contributed by atoms with Crippen molar-refractivity contribution in [3.8, 4) is 0 Å². The highest BCUT2D eigenvalue weighted by molar-refractivity contribution is 7.10. The van der Waals surface area contributed by atoms with Crippen LogP contribution in [-0.4, -0.2) is 6.54 Å². The summed E-state index contributed by atoms with van der Waals surface area (Å²) in [5, 5.41) is 5.93. The first-order valence-corrected chi connectivity index (χ1v) is 7.33. The predicted molar refractivity (Wildman–Crippen MR) is 71.8 cm³/mol. The lowest BCUT2D eigenvalue weighted by Crippen LogP contribution is -2.29. The Bertz CT molecular complexity index is 301. The molecular formula is C14H23NS. The van der Waals surface area contributed by atoms with Gasteiger partial charge < -0.3 is 5.32 Å². The van der Waals surface area contributed by atoms with Gasteiger partial charge >= 0.3 is 0 Å². The van der Waals surface area contributed by atoms with Gasteiger partial charge in [-0.15, -0.1) is 11.3 Å². The topological polar surface area (TPSA) is 12.0 Å². The molecule has 0 aromatic carbocycles. The predicted octanol–water partition coefficient (Wildman–Crippen LogP) is 4.08. The molecular weight excluding hydrogens is 214 g/mol. The van der Waals surface area contributed by atoms with E-state index in [1.54, 1.807) is 0 Å². The number of rotatable bonds is 6. The van der Waals surface area contributed by atoms with Crippen LogP contribution >= 0.6 is 11.3 Å². The molecule has 0 spiro atoms. The zero-order chi connectivity index (χ0) is 11.5. The van der Waals surface area contributed by atoms with Gasteiger partial charge in [-0.3, -0.25) is 0 Å². The molecule has 0 saturated heterocycles. The monoisotopic (exact) mass is 237 g/mol. The average molecular weight is 237 g/mol. The molecule has 1 nitrogen and oxygen atoms in total. The molecule has 0 amide bonds. The van der Waals surface area contributed by atoms with Gasteiger partial charge in [0.15, 0.2) is 0 Å². The van der Waals surface area contributed by atoms with E-state index in [2.05, 4.69) is 43.6 Å². The van der Waals surface area contributed by atoms with Crippen LogP contribution < -0.4 is 5.32 Å². The molecule has 90 valence electrons. The number of hydrogen-bond donors (Lipinski definition) is 1. The Kier molecular flexibility index (Phi) is 4.04. The van der Waals surface area contributed by atoms with Gasteiger partial charge in [-0.1, -0.05) is 26.8 Å². The van der Waals surface area contributed by atoms with Gasteiger partial charge in [0.25, 0.3) is 0 Å². The van der Waals surface area contributed by atoms with E-state index in [1.165, 1.54) is 24.3 Å². The van der Waals surface area contributed by atoms with Gasteiger partial charge in [-0.25, -0.2) is 0 Å². The Morgan fingerprint density at radius 1 is 1.38 bits per heavy atom. The van der Waals surface area contributed by atoms with Crippen LogP contribution in [0.3, 0.4) is 0 Å². The minimum absolute atomic E-state index is 0.543. The van der Waals surface area contributed by atoms with E-state index in [4.69, 9.17) is 0 Å². The summed E-state index contributed by atoms with van der Waals surface area (Å²) in [5.74, 6) is 2.52. The first-order valence-electron chi connectivity index (χ1n) is 6.45. The fraction of sp³-hybridized carbons (Fsp3) is 0.714. The van der Waals surface area contributed by atoms with Crippen molar-refractivity contribution in [2.24, 2.45) is 17.8 Å². The highest BCUT2D eigenvalue weighted by Crippen LogP contribution is 2.36. The van der Waals surface area contributed by atoms with E-state index in [1.807, 2.05) is 11.3 Å². The summed E-state index contributed by atoms with van der Waals surface area (Å²) in [6, 6.07) is 4.95. The molecule has 0 bridgehead atoms. The molecule has 16 heavy (non-hydrogen) atoms. The zero-order valence-corrected chi connectivity index (χ0v) is 11.4. The Balaban J connectivity index is 1.87. The third-order valence-electron chi connectivity index (χ3n) is 3.60. The van der Waals surface area contributed by atoms with Crippen molar-refractivity contribution in [1.29, 1.82) is 0 Å². The van der Waals surface area contributed by atoms with Crippen molar-refractivity contribution in [3.63, 3.8) is 0 Å². The second kappa shape index (κ2) is 5.33. The molecule has 2 atom stereocenters. The molecule has 1 N–H and O–H groups in total. The lowest BCUT2D eigenvalue weighted by Gasteiger charge is -2.23. The number of nitrogens with one attached hydrogen (secondary N) is 1. The standard InChI is InChI=1S/C14H23NS/c1-10(2)14(13-5-4-8-16-13)15-9-11(3)12-6-7-12/h4-5,8,10-12,14-15H,6-7,9H2,1-3H3. The molecule has 1 saturated carbocycles. The SMILES string of the molecule is CC(C)C(NCC(C)C1CC1)c1cccs1. The van der Waals surface area contributed by atoms with Gasteiger partial charge in [-0.2, -0.15) is 0 Å². The smallest absolute Gasteiger partial charge is 0.0438 e. The average Bonchev–Trinajstić information content (AvgIpc) is 2.96. The highest BCUT2D eigenvalue weighted by atomic mass is 32.1. The molecule has 1 aromatic heterocycles. The molecule has 0 aliphatic heterocycles. The maximum absolute atomic E-state index is 3.75. The number of thiophene rings is 1. The summed E-state index contributed by atoms with van der Waals surface area (Å²) in [6.07, 6.45) is 2.91. The van der Waals surface area contributed by atoms with Crippen LogP contribution in [0.2, 0.25) is 0 Å². The molecule has 2 rings (SSSR count). The van der Waals surface area contributed by atoms with Crippen LogP contribution in [-0.2, 0) is 0 Å². The third-order valence-corrected chi connectivity index (χ3v) is 4.56. The first kappa shape index (κ1) is 12.1. The summed E-state index contributed by atoms with van der Waals surface area (Å²) < 4.78 is 0. The van der Waals surface area contributed by atoms with Gasteiger partial charge in [0.05, 0.1) is 0 Å². The van der Waals surface area contributed by atoms with Crippen molar-refractivity contribution in [3.05, 3.63) is 22.4 Å². The highest BCUT2D eigenvalue weighted by Gasteiger charge is 2.28. The van der Waals surface area contributed by atoms with Gasteiger partial charge in [0, 0.05) is 10.9 Å². The fourth-order valence-corrected chi connectivity index (χ4v) is 3.25. The maximum Gasteiger partial charge on any atom is 0.0438 e. The second-order valence-corrected chi connectivity index (χ2v) is 6.44. The molecule has 2 unspecified atom stereocenters. The lowest BCUT2D eigenvalue weighted by molar-refractivity contribution is 0.366. The minimum atomic E-state index is 0.543. The Morgan fingerprint density at radius 2 is 2.12 bits per heavy atom. The number of hydrogen-bond acceptors (Lipinski definition) is 2. The van der Waals surface area contributed by atoms with Gasteiger partial charge in [0.2, 0.25) is 0 Å². The Hall–Kier alpha value is -0.340. The van der Waals surface area contributed by atoms with E-state index in [-0.39, 0.29) is 0 Å². The van der Waals surface area contributed by atoms with Crippen LogP contribution in [0.25, 0.3) is 0 Å². The summed E-state index contributed by atoms with van der Waals surface area (Å²) in [7, 11) is 0. The third kappa shape index (κ3) is 3.08. The van der Waals surface area contributed by atoms with E-state index >= 15 is 0 Å². The lowest BCUT2D eigenvalue weighted by atomic mass is 10.0. The quantitative estimate of drug-likeness (QED) is 0.786. The molecule has 1 aromatic rings. The van der Waals surface area contributed by atoms with Crippen LogP contribution in [0.4, 0.5) is 0 Å². The molecule has 1 fully saturated rings. The zero-order valence-electron chi connectivity index (χ0n) is 10.6. The van der Waals surface area contributed by atoms with Gasteiger partial charge in [-0.05, 0) is 48.6 Å². The molecule has 2 heteroatoms. The van der Waals surface area contributed by atoms with Crippen LogP contribution in [0, 0.1) is 17.8 Å². The summed E-state index contributed by atoms with van der Waals surface area (Å²) in [6.45, 7) is 8.17. The van der Waals surface area contributed by atoms with E-state index < -0.39 is 0 Å². The molecule has 0 radical (unpaired) electrons. The maximum atomic E-state index is 3.75. The summed E-state index contributed by atoms with van der Waals surface area (Å²) in [4.78, 5) is 1.48. The van der Waals surface area contributed by atoms with Crippen LogP contribution in [0.1, 0.15) is 44.5 Å².